The quantitative estimate of drug-likeness (QED) is 0.239. The second kappa shape index (κ2) is 14.9. The average Bonchev–Trinajstić information content (AvgIpc) is 2.97. The van der Waals surface area contributed by atoms with Crippen molar-refractivity contribution in [2.24, 2.45) is 23.2 Å². The van der Waals surface area contributed by atoms with Crippen molar-refractivity contribution in [3.8, 4) is 0 Å². The van der Waals surface area contributed by atoms with Crippen molar-refractivity contribution in [3.05, 3.63) is 35.4 Å². The fourth-order valence-corrected chi connectivity index (χ4v) is 7.62. The van der Waals surface area contributed by atoms with Gasteiger partial charge in [-0.1, -0.05) is 19.6 Å². The molecule has 1 aliphatic heterocycles. The van der Waals surface area contributed by atoms with Crippen molar-refractivity contribution in [2.75, 3.05) is 26.2 Å². The summed E-state index contributed by atoms with van der Waals surface area (Å²) >= 11 is 0. The lowest BCUT2D eigenvalue weighted by Gasteiger charge is -2.56. The van der Waals surface area contributed by atoms with Gasteiger partial charge in [0.15, 0.2) is 0 Å². The Labute approximate surface area is 260 Å². The third-order valence-electron chi connectivity index (χ3n) is 9.15. The normalized spacial score (nSPS) is 25.5. The van der Waals surface area contributed by atoms with Gasteiger partial charge in [-0.2, -0.15) is 0 Å². The molecule has 0 radical (unpaired) electrons. The van der Waals surface area contributed by atoms with Crippen LogP contribution in [-0.4, -0.2) is 68.2 Å². The van der Waals surface area contributed by atoms with Gasteiger partial charge in [0.05, 0.1) is 25.8 Å². The number of rotatable bonds is 11. The van der Waals surface area contributed by atoms with E-state index in [1.165, 1.54) is 19.3 Å². The third kappa shape index (κ3) is 8.95. The van der Waals surface area contributed by atoms with E-state index in [0.29, 0.717) is 31.0 Å². The summed E-state index contributed by atoms with van der Waals surface area (Å²) in [6.45, 7) is 5.34. The molecule has 0 unspecified atom stereocenters. The largest absolute Gasteiger partial charge is 0.461 e. The van der Waals surface area contributed by atoms with E-state index in [2.05, 4.69) is 26.3 Å². The van der Waals surface area contributed by atoms with Crippen LogP contribution in [0.5, 0.6) is 0 Å². The molecular formula is C33H50N5O6+. The lowest BCUT2D eigenvalue weighted by atomic mass is 9.50. The number of carbonyl (C=O) groups is 4. The molecule has 1 aromatic rings. The summed E-state index contributed by atoms with van der Waals surface area (Å²) in [4.78, 5) is 53.8. The highest BCUT2D eigenvalue weighted by Gasteiger charge is 2.51. The van der Waals surface area contributed by atoms with Crippen molar-refractivity contribution in [3.63, 3.8) is 0 Å². The van der Waals surface area contributed by atoms with Crippen molar-refractivity contribution in [2.45, 2.75) is 91.2 Å². The first-order chi connectivity index (χ1) is 20.7. The standard InChI is InChI=1S/C32H45N5O6.CH4/c1-20(2)43-29(40)26(36-31(41)42-19-32-15-22-12-23(16-32)14-24(13-22)17-32)18-35-28(39)25-7-4-21(5-8-25)6-9-27(38)37-30-33-10-3-11-34-30;/h4-5,7-8,20,22-24,26H,3,6,9-19H2,1-2H3,(H,35,39)(H,36,41)(H2,33,34,37,38);1H4/p+1/t22?,23?,24?,26-,32?;/m0./s1. The highest BCUT2D eigenvalue weighted by molar-refractivity contribution is 5.95. The van der Waals surface area contributed by atoms with Crippen LogP contribution in [0.15, 0.2) is 24.3 Å². The Morgan fingerprint density at radius 2 is 1.68 bits per heavy atom. The molecule has 1 aromatic carbocycles. The third-order valence-corrected chi connectivity index (χ3v) is 9.15. The predicted molar refractivity (Wildman–Crippen MR) is 166 cm³/mol. The maximum absolute atomic E-state index is 12.9. The van der Waals surface area contributed by atoms with Crippen LogP contribution in [-0.2, 0) is 25.5 Å². The molecule has 5 N–H and O–H groups in total. The van der Waals surface area contributed by atoms with Gasteiger partial charge in [0.1, 0.15) is 6.04 Å². The van der Waals surface area contributed by atoms with E-state index in [4.69, 9.17) is 9.47 Å². The number of ether oxygens (including phenoxy) is 2. The Morgan fingerprint density at radius 1 is 1.02 bits per heavy atom. The molecule has 5 aliphatic rings. The molecule has 44 heavy (non-hydrogen) atoms. The van der Waals surface area contributed by atoms with Gasteiger partial charge < -0.3 is 20.1 Å². The van der Waals surface area contributed by atoms with Gasteiger partial charge in [0.25, 0.3) is 11.8 Å². The summed E-state index contributed by atoms with van der Waals surface area (Å²) in [7, 11) is 0. The molecule has 4 saturated carbocycles. The second-order valence-electron chi connectivity index (χ2n) is 13.2. The first-order valence-corrected chi connectivity index (χ1v) is 15.8. The Bertz CT molecular complexity index is 1180. The summed E-state index contributed by atoms with van der Waals surface area (Å²) in [6.07, 6.45) is 8.06. The fourth-order valence-electron chi connectivity index (χ4n) is 7.62. The number of nitrogens with one attached hydrogen (secondary N) is 5. The number of esters is 1. The Kier molecular flexibility index (Phi) is 11.3. The molecule has 6 rings (SSSR count). The lowest BCUT2D eigenvalue weighted by molar-refractivity contribution is -0.466. The van der Waals surface area contributed by atoms with E-state index in [1.807, 2.05) is 0 Å². The van der Waals surface area contributed by atoms with Crippen LogP contribution in [0, 0.1) is 23.2 Å². The van der Waals surface area contributed by atoms with Gasteiger partial charge in [-0.3, -0.25) is 19.9 Å². The van der Waals surface area contributed by atoms with Crippen molar-refractivity contribution in [1.82, 2.24) is 21.3 Å². The molecule has 4 aliphatic carbocycles. The summed E-state index contributed by atoms with van der Waals surface area (Å²) in [5, 5.41) is 11.3. The smallest absolute Gasteiger partial charge is 0.407 e. The van der Waals surface area contributed by atoms with Crippen molar-refractivity contribution in [1.29, 1.82) is 0 Å². The topological polar surface area (TPSA) is 149 Å². The van der Waals surface area contributed by atoms with Crippen LogP contribution in [0.3, 0.4) is 0 Å². The van der Waals surface area contributed by atoms with Gasteiger partial charge in [0, 0.05) is 30.4 Å². The Morgan fingerprint density at radius 3 is 2.27 bits per heavy atom. The van der Waals surface area contributed by atoms with Crippen molar-refractivity contribution >= 4 is 29.8 Å². The highest BCUT2D eigenvalue weighted by atomic mass is 16.6. The molecule has 3 amide bonds. The van der Waals surface area contributed by atoms with E-state index in [9.17, 15) is 19.2 Å². The molecule has 242 valence electrons. The molecule has 0 saturated heterocycles. The molecule has 4 bridgehead atoms. The van der Waals surface area contributed by atoms with Crippen LogP contribution in [0.25, 0.3) is 0 Å². The van der Waals surface area contributed by atoms with Gasteiger partial charge >= 0.3 is 18.0 Å². The summed E-state index contributed by atoms with van der Waals surface area (Å²) < 4.78 is 11.0. The summed E-state index contributed by atoms with van der Waals surface area (Å²) in [5.74, 6) is 1.77. The van der Waals surface area contributed by atoms with Gasteiger partial charge in [-0.15, -0.1) is 0 Å². The molecule has 11 nitrogen and oxygen atoms in total. The first kappa shape index (κ1) is 33.3. The minimum atomic E-state index is -1.08. The van der Waals surface area contributed by atoms with Crippen LogP contribution in [0.2, 0.25) is 0 Å². The number of aryl methyl sites for hydroxylation is 1. The molecule has 1 heterocycles. The van der Waals surface area contributed by atoms with Crippen molar-refractivity contribution < 1.29 is 33.6 Å². The highest BCUT2D eigenvalue weighted by Crippen LogP contribution is 2.60. The summed E-state index contributed by atoms with van der Waals surface area (Å²) in [5.41, 5.74) is 1.38. The van der Waals surface area contributed by atoms with E-state index >= 15 is 0 Å². The maximum Gasteiger partial charge on any atom is 0.407 e. The van der Waals surface area contributed by atoms with Crippen LogP contribution in [0.1, 0.15) is 88.6 Å². The van der Waals surface area contributed by atoms with E-state index in [-0.39, 0.29) is 37.3 Å². The minimum Gasteiger partial charge on any atom is -0.461 e. The number of amides is 3. The molecule has 0 aromatic heterocycles. The number of guanidine groups is 1. The van der Waals surface area contributed by atoms with Crippen LogP contribution >= 0.6 is 0 Å². The average molecular weight is 613 g/mol. The number of hydrogen-bond acceptors (Lipinski definition) is 7. The lowest BCUT2D eigenvalue weighted by Crippen LogP contribution is -2.82. The van der Waals surface area contributed by atoms with Crippen LogP contribution in [0.4, 0.5) is 4.79 Å². The number of benzene rings is 1. The number of alkyl carbamates (subject to hydrolysis) is 1. The van der Waals surface area contributed by atoms with E-state index in [0.717, 1.165) is 62.1 Å². The molecule has 1 atom stereocenters. The molecule has 4 fully saturated rings. The zero-order valence-electron chi connectivity index (χ0n) is 25.3. The zero-order chi connectivity index (χ0) is 30.4. The van der Waals surface area contributed by atoms with Gasteiger partial charge in [-0.25, -0.2) is 14.9 Å². The molecule has 0 spiro atoms. The predicted octanol–water partition coefficient (Wildman–Crippen LogP) is 1.79. The Hall–Kier alpha value is -3.63. The minimum absolute atomic E-state index is 0. The number of hydrogen-bond donors (Lipinski definition) is 5. The maximum atomic E-state index is 12.9. The SMILES string of the molecule is C.CC(C)OC(=O)[C@H](CNC(=O)c1ccc(CCC(=O)NC2=[NH+]CCCN2)cc1)NC(=O)OCC12CC3CC(CC(C3)C1)C2. The summed E-state index contributed by atoms with van der Waals surface area (Å²) in [6, 6.07) is 5.87. The van der Waals surface area contributed by atoms with Gasteiger partial charge in [-0.05, 0) is 94.2 Å². The van der Waals surface area contributed by atoms with Gasteiger partial charge in [0.2, 0.25) is 0 Å². The monoisotopic (exact) mass is 612 g/mol. The van der Waals surface area contributed by atoms with Crippen LogP contribution < -0.4 is 26.3 Å². The Balaban J connectivity index is 0.00000442. The molecule has 11 heteroatoms. The van der Waals surface area contributed by atoms with E-state index in [1.54, 1.807) is 38.1 Å². The first-order valence-electron chi connectivity index (χ1n) is 15.8. The van der Waals surface area contributed by atoms with E-state index < -0.39 is 18.1 Å². The molecular weight excluding hydrogens is 562 g/mol. The number of carbonyl (C=O) groups excluding carboxylic acids is 4. The second-order valence-corrected chi connectivity index (χ2v) is 13.2. The fraction of sp³-hybridized carbons (Fsp3) is 0.667. The zero-order valence-corrected chi connectivity index (χ0v) is 25.3.